The molecule has 1 aromatic carbocycles. The molecule has 5 heteroatoms. The molecule has 0 saturated heterocycles. The smallest absolute Gasteiger partial charge is 0.270 e. The van der Waals surface area contributed by atoms with E-state index in [-0.39, 0.29) is 5.82 Å². The van der Waals surface area contributed by atoms with Gasteiger partial charge in [-0.25, -0.2) is 4.39 Å². The first kappa shape index (κ1) is 8.55. The highest BCUT2D eigenvalue weighted by Gasteiger charge is 2.19. The molecular weight excluding hydrogens is 195 g/mol. The number of fused-ring (bicyclic) bond motifs is 3. The first-order chi connectivity index (χ1) is 7.34. The SMILES string of the molecule is Fc1ccc2c(c1)CNCc1[nH]nc[n+]1-2. The number of nitrogens with zero attached hydrogens (tertiary/aromatic N) is 2. The van der Waals surface area contributed by atoms with Crippen molar-refractivity contribution in [1.82, 2.24) is 15.5 Å². The number of aromatic amines is 1. The molecule has 3 rings (SSSR count). The Bertz CT molecular complexity index is 506. The number of hydrogen-bond donors (Lipinski definition) is 2. The molecule has 76 valence electrons. The maximum absolute atomic E-state index is 13.1. The molecule has 1 aromatic heterocycles. The second-order valence-electron chi connectivity index (χ2n) is 3.55. The zero-order chi connectivity index (χ0) is 10.3. The summed E-state index contributed by atoms with van der Waals surface area (Å²) in [5, 5.41) is 10.1. The third kappa shape index (κ3) is 1.32. The van der Waals surface area contributed by atoms with Gasteiger partial charge in [-0.3, -0.25) is 0 Å². The average molecular weight is 205 g/mol. The first-order valence-corrected chi connectivity index (χ1v) is 4.78. The second kappa shape index (κ2) is 3.13. The van der Waals surface area contributed by atoms with E-state index in [1.807, 2.05) is 4.57 Å². The molecule has 1 aliphatic rings. The average Bonchev–Trinajstić information content (AvgIpc) is 2.61. The fourth-order valence-corrected chi connectivity index (χ4v) is 1.86. The number of halogens is 1. The van der Waals surface area contributed by atoms with Crippen molar-refractivity contribution in [3.8, 4) is 5.69 Å². The molecule has 0 amide bonds. The number of benzene rings is 1. The summed E-state index contributed by atoms with van der Waals surface area (Å²) in [7, 11) is 0. The van der Waals surface area contributed by atoms with Crippen LogP contribution in [0.3, 0.4) is 0 Å². The van der Waals surface area contributed by atoms with Crippen molar-refractivity contribution in [3.63, 3.8) is 0 Å². The van der Waals surface area contributed by atoms with Gasteiger partial charge in [0.05, 0.1) is 6.54 Å². The van der Waals surface area contributed by atoms with Crippen LogP contribution in [-0.2, 0) is 13.1 Å². The van der Waals surface area contributed by atoms with Gasteiger partial charge in [0.2, 0.25) is 0 Å². The second-order valence-corrected chi connectivity index (χ2v) is 3.55. The molecule has 0 bridgehead atoms. The molecule has 0 saturated carbocycles. The topological polar surface area (TPSA) is 44.6 Å². The third-order valence-electron chi connectivity index (χ3n) is 2.57. The predicted molar refractivity (Wildman–Crippen MR) is 50.6 cm³/mol. The summed E-state index contributed by atoms with van der Waals surface area (Å²) in [4.78, 5) is 0. The lowest BCUT2D eigenvalue weighted by molar-refractivity contribution is -0.604. The summed E-state index contributed by atoms with van der Waals surface area (Å²) in [5.74, 6) is 0.767. The maximum atomic E-state index is 13.1. The van der Waals surface area contributed by atoms with Gasteiger partial charge in [0.15, 0.2) is 0 Å². The highest BCUT2D eigenvalue weighted by Crippen LogP contribution is 2.13. The van der Waals surface area contributed by atoms with Crippen molar-refractivity contribution < 1.29 is 8.96 Å². The molecule has 15 heavy (non-hydrogen) atoms. The molecule has 0 fully saturated rings. The molecule has 0 spiro atoms. The maximum Gasteiger partial charge on any atom is 0.270 e. The Labute approximate surface area is 85.8 Å². The summed E-state index contributed by atoms with van der Waals surface area (Å²) in [6, 6.07) is 4.79. The van der Waals surface area contributed by atoms with Crippen LogP contribution < -0.4 is 9.88 Å². The van der Waals surface area contributed by atoms with Crippen LogP contribution in [0, 0.1) is 5.82 Å². The van der Waals surface area contributed by atoms with Crippen LogP contribution >= 0.6 is 0 Å². The van der Waals surface area contributed by atoms with E-state index in [1.165, 1.54) is 6.07 Å². The molecule has 0 atom stereocenters. The molecule has 2 aromatic rings. The fourth-order valence-electron chi connectivity index (χ4n) is 1.86. The molecule has 1 aliphatic heterocycles. The minimum Gasteiger partial charge on any atom is -0.303 e. The van der Waals surface area contributed by atoms with Crippen LogP contribution in [0.25, 0.3) is 5.69 Å². The zero-order valence-corrected chi connectivity index (χ0v) is 8.00. The molecule has 2 heterocycles. The van der Waals surface area contributed by atoms with Crippen molar-refractivity contribution in [3.05, 3.63) is 41.7 Å². The summed E-state index contributed by atoms with van der Waals surface area (Å²) >= 11 is 0. The highest BCUT2D eigenvalue weighted by molar-refractivity contribution is 5.34. The molecule has 0 unspecified atom stereocenters. The monoisotopic (exact) mass is 205 g/mol. The highest BCUT2D eigenvalue weighted by atomic mass is 19.1. The molecular formula is C10H10FN4+. The van der Waals surface area contributed by atoms with E-state index in [0.717, 1.165) is 17.1 Å². The standard InChI is InChI=1S/C10H9FN4/c11-8-1-2-9-7(3-8)4-12-5-10-14-13-6-15(9)10/h1-3,6,12H,4-5H2/p+1. The van der Waals surface area contributed by atoms with Crippen LogP contribution in [0.5, 0.6) is 0 Å². The number of hydrogen-bond acceptors (Lipinski definition) is 2. The Hall–Kier alpha value is -1.75. The van der Waals surface area contributed by atoms with E-state index in [2.05, 4.69) is 15.5 Å². The van der Waals surface area contributed by atoms with Crippen molar-refractivity contribution in [1.29, 1.82) is 0 Å². The Morgan fingerprint density at radius 2 is 2.27 bits per heavy atom. The fraction of sp³-hybridized carbons (Fsp3) is 0.200. The van der Waals surface area contributed by atoms with E-state index in [9.17, 15) is 4.39 Å². The third-order valence-corrected chi connectivity index (χ3v) is 2.57. The minimum absolute atomic E-state index is 0.205. The van der Waals surface area contributed by atoms with Crippen molar-refractivity contribution in [2.24, 2.45) is 0 Å². The van der Waals surface area contributed by atoms with Crippen LogP contribution in [0.4, 0.5) is 4.39 Å². The van der Waals surface area contributed by atoms with Gasteiger partial charge in [-0.05, 0) is 18.2 Å². The van der Waals surface area contributed by atoms with Gasteiger partial charge in [0, 0.05) is 17.2 Å². The van der Waals surface area contributed by atoms with E-state index < -0.39 is 0 Å². The molecule has 2 N–H and O–H groups in total. The number of aromatic nitrogens is 3. The quantitative estimate of drug-likeness (QED) is 0.612. The summed E-state index contributed by atoms with van der Waals surface area (Å²) in [5.41, 5.74) is 1.92. The van der Waals surface area contributed by atoms with E-state index in [1.54, 1.807) is 18.5 Å². The van der Waals surface area contributed by atoms with Crippen molar-refractivity contribution in [2.45, 2.75) is 13.1 Å². The van der Waals surface area contributed by atoms with Gasteiger partial charge in [-0.2, -0.15) is 4.57 Å². The largest absolute Gasteiger partial charge is 0.303 e. The summed E-state index contributed by atoms with van der Waals surface area (Å²) in [6.07, 6.45) is 1.71. The lowest BCUT2D eigenvalue weighted by Crippen LogP contribution is -2.33. The summed E-state index contributed by atoms with van der Waals surface area (Å²) < 4.78 is 15.0. The zero-order valence-electron chi connectivity index (χ0n) is 8.00. The van der Waals surface area contributed by atoms with Gasteiger partial charge in [0.25, 0.3) is 12.2 Å². The van der Waals surface area contributed by atoms with Crippen LogP contribution in [0.1, 0.15) is 11.4 Å². The van der Waals surface area contributed by atoms with Gasteiger partial charge in [-0.15, -0.1) is 5.10 Å². The van der Waals surface area contributed by atoms with Crippen molar-refractivity contribution in [2.75, 3.05) is 0 Å². The Morgan fingerprint density at radius 1 is 1.33 bits per heavy atom. The molecule has 0 aliphatic carbocycles. The number of H-pyrrole nitrogens is 1. The van der Waals surface area contributed by atoms with Crippen LogP contribution in [0.2, 0.25) is 0 Å². The minimum atomic E-state index is -0.205. The molecule has 4 nitrogen and oxygen atoms in total. The van der Waals surface area contributed by atoms with Gasteiger partial charge in [-0.1, -0.05) is 0 Å². The molecule has 0 radical (unpaired) electrons. The summed E-state index contributed by atoms with van der Waals surface area (Å²) in [6.45, 7) is 1.37. The predicted octanol–water partition coefficient (Wildman–Crippen LogP) is 0.429. The van der Waals surface area contributed by atoms with Gasteiger partial charge >= 0.3 is 0 Å². The van der Waals surface area contributed by atoms with Crippen LogP contribution in [-0.4, -0.2) is 10.2 Å². The lowest BCUT2D eigenvalue weighted by atomic mass is 10.1. The van der Waals surface area contributed by atoms with E-state index >= 15 is 0 Å². The van der Waals surface area contributed by atoms with Gasteiger partial charge < -0.3 is 5.32 Å². The van der Waals surface area contributed by atoms with Crippen LogP contribution in [0.15, 0.2) is 24.5 Å². The van der Waals surface area contributed by atoms with Crippen molar-refractivity contribution >= 4 is 0 Å². The first-order valence-electron chi connectivity index (χ1n) is 4.78. The number of rotatable bonds is 0. The number of nitrogens with one attached hydrogen (secondary N) is 2. The normalized spacial score (nSPS) is 14.2. The Balaban J connectivity index is 2.25. The van der Waals surface area contributed by atoms with Gasteiger partial charge in [0.1, 0.15) is 11.5 Å². The lowest BCUT2D eigenvalue weighted by Gasteiger charge is -2.03. The Morgan fingerprint density at radius 3 is 3.20 bits per heavy atom. The Kier molecular flexibility index (Phi) is 1.78. The van der Waals surface area contributed by atoms with E-state index in [4.69, 9.17) is 0 Å². The van der Waals surface area contributed by atoms with E-state index in [0.29, 0.717) is 13.1 Å².